The fraction of sp³-hybridized carbons (Fsp3) is 0.306. The van der Waals surface area contributed by atoms with Crippen molar-refractivity contribution in [3.05, 3.63) is 160 Å². The average Bonchev–Trinajstić information content (AvgIpc) is 3.87. The van der Waals surface area contributed by atoms with E-state index >= 15 is 0 Å². The van der Waals surface area contributed by atoms with Crippen LogP contribution < -0.4 is 41.4 Å². The Hall–Kier alpha value is -6.73. The summed E-state index contributed by atoms with van der Waals surface area (Å²) < 4.78 is 103. The molecule has 4 heterocycles. The minimum atomic E-state index is -4.88. The van der Waals surface area contributed by atoms with Crippen molar-refractivity contribution < 1.29 is 45.3 Å². The Labute approximate surface area is 453 Å². The third-order valence-electron chi connectivity index (χ3n) is 10.5. The minimum Gasteiger partial charge on any atom is -0.425 e. The lowest BCUT2D eigenvalue weighted by atomic mass is 10.2. The third-order valence-corrected chi connectivity index (χ3v) is 11.3. The fourth-order valence-corrected chi connectivity index (χ4v) is 7.76. The zero-order chi connectivity index (χ0) is 54.9. The molecule has 76 heavy (non-hydrogen) atoms. The van der Waals surface area contributed by atoms with E-state index < -0.39 is 46.7 Å². The maximum absolute atomic E-state index is 13.5. The summed E-state index contributed by atoms with van der Waals surface area (Å²) >= 11 is 15.2. The highest BCUT2D eigenvalue weighted by molar-refractivity contribution is 9.09. The molecule has 0 unspecified atom stereocenters. The summed E-state index contributed by atoms with van der Waals surface area (Å²) in [6.45, 7) is 5.20. The first-order valence-electron chi connectivity index (χ1n) is 22.6. The molecule has 0 atom stereocenters. The maximum atomic E-state index is 13.5. The van der Waals surface area contributed by atoms with Gasteiger partial charge < -0.3 is 23.8 Å². The maximum Gasteiger partial charge on any atom is 0.573 e. The van der Waals surface area contributed by atoms with E-state index in [0.717, 1.165) is 44.5 Å². The first-order valence-corrected chi connectivity index (χ1v) is 24.5. The van der Waals surface area contributed by atoms with Crippen molar-refractivity contribution in [2.24, 2.45) is 14.1 Å². The molecule has 4 aromatic carbocycles. The first-order chi connectivity index (χ1) is 35.4. The molecule has 17 nitrogen and oxygen atoms in total. The molecule has 0 amide bonds. The topological polar surface area (TPSA) is 164 Å². The number of aromatic nitrogens is 8. The molecule has 8 rings (SSSR count). The van der Waals surface area contributed by atoms with Gasteiger partial charge in [0.1, 0.15) is 23.0 Å². The second kappa shape index (κ2) is 25.9. The Morgan fingerprint density at radius 2 is 0.934 bits per heavy atom. The van der Waals surface area contributed by atoms with Gasteiger partial charge in [0, 0.05) is 61.2 Å². The molecule has 408 valence electrons. The van der Waals surface area contributed by atoms with Crippen molar-refractivity contribution in [1.29, 1.82) is 0 Å². The molecule has 0 fully saturated rings. The molecule has 0 spiro atoms. The Morgan fingerprint density at radius 3 is 1.28 bits per heavy atom. The summed E-state index contributed by atoms with van der Waals surface area (Å²) in [6.07, 6.45) is -8.50. The van der Waals surface area contributed by atoms with Gasteiger partial charge in [0.05, 0.1) is 13.1 Å². The molecule has 0 radical (unpaired) electrons. The van der Waals surface area contributed by atoms with Crippen LogP contribution in [0.4, 0.5) is 26.3 Å². The number of fused-ring (bicyclic) bond motifs is 2. The number of hydrogen-bond donors (Lipinski definition) is 0. The van der Waals surface area contributed by atoms with Crippen LogP contribution in [-0.4, -0.2) is 81.0 Å². The number of halogens is 10. The molecule has 0 saturated carbocycles. The van der Waals surface area contributed by atoms with Crippen LogP contribution in [0.1, 0.15) is 31.4 Å². The molecule has 0 aliphatic rings. The number of rotatable bonds is 15. The quantitative estimate of drug-likeness (QED) is 0.0709. The van der Waals surface area contributed by atoms with Crippen molar-refractivity contribution >= 4 is 73.9 Å². The first kappa shape index (κ1) is 60.1. The van der Waals surface area contributed by atoms with Crippen molar-refractivity contribution in [3.63, 3.8) is 0 Å². The van der Waals surface area contributed by atoms with E-state index in [-0.39, 0.29) is 84.4 Å². The highest BCUT2D eigenvalue weighted by Gasteiger charge is 2.32. The summed E-state index contributed by atoms with van der Waals surface area (Å²) in [5.41, 5.74) is -0.426. The van der Waals surface area contributed by atoms with Crippen LogP contribution in [0.3, 0.4) is 0 Å². The molecule has 0 aliphatic heterocycles. The number of benzene rings is 4. The molecule has 0 N–H and O–H groups in total. The number of hydrogen-bond acceptors (Lipinski definition) is 11. The average molecular weight is 1190 g/mol. The Morgan fingerprint density at radius 1 is 0.579 bits per heavy atom. The summed E-state index contributed by atoms with van der Waals surface area (Å²) in [5, 5.41) is 1.41. The number of alkyl halides is 7. The van der Waals surface area contributed by atoms with E-state index in [2.05, 4.69) is 49.2 Å². The van der Waals surface area contributed by atoms with Crippen molar-refractivity contribution in [2.75, 3.05) is 26.0 Å². The van der Waals surface area contributed by atoms with Crippen molar-refractivity contribution in [2.45, 2.75) is 59.2 Å². The van der Waals surface area contributed by atoms with Gasteiger partial charge in [-0.15, -0.1) is 38.7 Å². The smallest absolute Gasteiger partial charge is 0.425 e. The van der Waals surface area contributed by atoms with Gasteiger partial charge >= 0.3 is 36.1 Å². The van der Waals surface area contributed by atoms with Gasteiger partial charge in [-0.05, 0) is 73.8 Å². The molecule has 0 bridgehead atoms. The highest BCUT2D eigenvalue weighted by Crippen LogP contribution is 2.32. The Balaban J connectivity index is 0.000000264. The van der Waals surface area contributed by atoms with Gasteiger partial charge in [-0.1, -0.05) is 95.8 Å². The third kappa shape index (κ3) is 15.2. The summed E-state index contributed by atoms with van der Waals surface area (Å²) in [4.78, 5) is 63.0. The normalized spacial score (nSPS) is 11.4. The minimum absolute atomic E-state index is 0. The van der Waals surface area contributed by atoms with Crippen LogP contribution >= 0.6 is 51.5 Å². The molecule has 0 aliphatic carbocycles. The van der Waals surface area contributed by atoms with E-state index in [1.165, 1.54) is 63.1 Å². The molecule has 27 heteroatoms. The highest BCUT2D eigenvalue weighted by atomic mass is 79.9. The van der Waals surface area contributed by atoms with E-state index in [4.69, 9.17) is 32.7 Å². The number of nitrogens with zero attached hydrogens (tertiary/aromatic N) is 9. The van der Waals surface area contributed by atoms with E-state index in [1.807, 2.05) is 19.0 Å². The number of ether oxygens (including phenoxy) is 4. The predicted octanol–water partition coefficient (Wildman–Crippen LogP) is 10.4. The second-order valence-corrected chi connectivity index (χ2v) is 18.3. The number of imidazole rings is 2. The molecule has 8 aromatic rings. The molecule has 0 saturated heterocycles. The Bertz CT molecular complexity index is 3520. The molecular weight excluding hydrogens is 1140 g/mol. The molecular formula is C49H49BrCl3F6N9O8. The van der Waals surface area contributed by atoms with Crippen molar-refractivity contribution in [1.82, 2.24) is 42.3 Å². The van der Waals surface area contributed by atoms with Crippen molar-refractivity contribution in [3.8, 4) is 35.0 Å². The van der Waals surface area contributed by atoms with Crippen LogP contribution in [-0.2, 0) is 40.3 Å². The van der Waals surface area contributed by atoms with Gasteiger partial charge in [-0.3, -0.25) is 37.0 Å². The molecule has 4 aromatic heterocycles. The number of likely N-dealkylation sites (N-methyl/N-ethyl adjacent to an activating group) is 1. The standard InChI is InChI=1S/C24H23ClF3N5O4.C22H17BrClF3N4O4.C3H8.ClH/c1-30(2)11-12-32-21(34)19-20(31(3)23(32)35)29-22(33(19)14-15-7-9-16(25)10-8-15)36-17-5-4-6-18(13-17)37-24(26,27)28;1-29-18-17(19(32)30(10-9-23)21(29)33)31(12-13-5-7-14(24)8-6-13)20(28-18)34-15-3-2-4-16(11-15)35-22(25,26)27;1-3-2;/h4-10,13H,11-12,14H2,1-3H3;2-8,11H,9-10,12H2,1H3;3H2,1-2H3;1H. The Kier molecular flexibility index (Phi) is 20.5. The van der Waals surface area contributed by atoms with Crippen LogP contribution in [0.15, 0.2) is 116 Å². The SMILES string of the molecule is CCC.CN(C)CCn1c(=O)c2c(nc(Oc3cccc(OC(F)(F)F)c3)n2Cc2ccc(Cl)cc2)n(C)c1=O.Cl.Cn1c(=O)n(CCBr)c(=O)c2c1nc(Oc1cccc(OC(F)(F)F)c1)n2Cc1ccc(Cl)cc1. The summed E-state index contributed by atoms with van der Waals surface area (Å²) in [5.74, 6) is -0.983. The second-order valence-electron chi connectivity index (χ2n) is 16.6. The monoisotopic (exact) mass is 1190 g/mol. The summed E-state index contributed by atoms with van der Waals surface area (Å²) in [7, 11) is 6.59. The van der Waals surface area contributed by atoms with Gasteiger partial charge in [-0.25, -0.2) is 9.59 Å². The zero-order valence-corrected chi connectivity index (χ0v) is 45.2. The lowest BCUT2D eigenvalue weighted by Crippen LogP contribution is -2.41. The predicted molar refractivity (Wildman–Crippen MR) is 282 cm³/mol. The van der Waals surface area contributed by atoms with Gasteiger partial charge in [-0.2, -0.15) is 9.97 Å². The van der Waals surface area contributed by atoms with E-state index in [9.17, 15) is 45.5 Å². The lowest BCUT2D eigenvalue weighted by molar-refractivity contribution is -0.275. The van der Waals surface area contributed by atoms with Crippen LogP contribution in [0, 0.1) is 0 Å². The van der Waals surface area contributed by atoms with Gasteiger partial charge in [0.2, 0.25) is 0 Å². The fourth-order valence-electron chi connectivity index (χ4n) is 7.16. The van der Waals surface area contributed by atoms with Crippen LogP contribution in [0.2, 0.25) is 10.0 Å². The van der Waals surface area contributed by atoms with E-state index in [1.54, 1.807) is 48.5 Å². The van der Waals surface area contributed by atoms with Gasteiger partial charge in [0.25, 0.3) is 11.1 Å². The zero-order valence-electron chi connectivity index (χ0n) is 41.3. The summed E-state index contributed by atoms with van der Waals surface area (Å²) in [6, 6.07) is 23.3. The lowest BCUT2D eigenvalue weighted by Gasteiger charge is -2.13. The van der Waals surface area contributed by atoms with Crippen LogP contribution in [0.25, 0.3) is 22.3 Å². The number of aryl methyl sites for hydroxylation is 2. The van der Waals surface area contributed by atoms with E-state index in [0.29, 0.717) is 21.9 Å². The van der Waals surface area contributed by atoms with Gasteiger partial charge in [0.15, 0.2) is 22.3 Å². The van der Waals surface area contributed by atoms with Crippen LogP contribution in [0.5, 0.6) is 35.0 Å². The largest absolute Gasteiger partial charge is 0.573 e.